The molecule has 0 atom stereocenters. The number of hydrogen-bond acceptors (Lipinski definition) is 1. The molecule has 0 aromatic heterocycles. The Labute approximate surface area is 287 Å². The number of hydrogen-bond donors (Lipinski definition) is 0. The van der Waals surface area contributed by atoms with E-state index in [1.54, 1.807) is 5.57 Å². The third kappa shape index (κ3) is 33.1. The van der Waals surface area contributed by atoms with Gasteiger partial charge in [0, 0.05) is 0 Å². The summed E-state index contributed by atoms with van der Waals surface area (Å²) in [6.07, 6.45) is 44.3. The van der Waals surface area contributed by atoms with Crippen LogP contribution >= 0.6 is 0 Å². The van der Waals surface area contributed by atoms with E-state index in [-0.39, 0.29) is 0 Å². The summed E-state index contributed by atoms with van der Waals surface area (Å²) in [6.45, 7) is 22.1. The predicted molar refractivity (Wildman–Crippen MR) is 209 cm³/mol. The average Bonchev–Trinajstić information content (AvgIpc) is 3.04. The molecule has 0 aromatic carbocycles. The molecule has 0 spiro atoms. The highest BCUT2D eigenvalue weighted by atomic mass is 15.1. The van der Waals surface area contributed by atoms with E-state index in [1.165, 1.54) is 231 Å². The van der Waals surface area contributed by atoms with Gasteiger partial charge in [0.25, 0.3) is 0 Å². The summed E-state index contributed by atoms with van der Waals surface area (Å²) in [7, 11) is 0. The second-order valence-corrected chi connectivity index (χ2v) is 15.0. The van der Waals surface area contributed by atoms with E-state index in [2.05, 4.69) is 45.8 Å². The lowest BCUT2D eigenvalue weighted by atomic mass is 9.87. The highest BCUT2D eigenvalue weighted by Gasteiger charge is 2.11. The molecule has 0 aliphatic rings. The maximum atomic E-state index is 4.60. The molecule has 0 amide bonds. The van der Waals surface area contributed by atoms with Crippen molar-refractivity contribution in [3.63, 3.8) is 0 Å². The van der Waals surface area contributed by atoms with Gasteiger partial charge in [-0.15, -0.1) is 0 Å². The van der Waals surface area contributed by atoms with Crippen LogP contribution in [0, 0.1) is 5.92 Å². The van der Waals surface area contributed by atoms with Crippen molar-refractivity contribution in [2.24, 2.45) is 5.92 Å². The van der Waals surface area contributed by atoms with E-state index in [9.17, 15) is 0 Å². The largest absolute Gasteiger partial charge is 0.303 e. The molecule has 45 heavy (non-hydrogen) atoms. The van der Waals surface area contributed by atoms with Crippen LogP contribution < -0.4 is 0 Å². The molecule has 0 radical (unpaired) electrons. The third-order valence-electron chi connectivity index (χ3n) is 10.2. The number of allylic oxidation sites excluding steroid dienone is 2. The molecule has 0 aliphatic heterocycles. The minimum absolute atomic E-state index is 0.894. The molecule has 268 valence electrons. The lowest BCUT2D eigenvalue weighted by Crippen LogP contribution is -2.27. The molecule has 0 rings (SSSR count). The Morgan fingerprint density at radius 3 is 1.22 bits per heavy atom. The van der Waals surface area contributed by atoms with Crippen LogP contribution in [0.1, 0.15) is 233 Å². The predicted octanol–water partition coefficient (Wildman–Crippen LogP) is 15.6. The van der Waals surface area contributed by atoms with Gasteiger partial charge in [0.2, 0.25) is 0 Å². The van der Waals surface area contributed by atoms with Crippen LogP contribution in [0.25, 0.3) is 0 Å². The van der Waals surface area contributed by atoms with Crippen LogP contribution in [0.4, 0.5) is 0 Å². The van der Waals surface area contributed by atoms with Crippen molar-refractivity contribution in [3.05, 3.63) is 24.3 Å². The zero-order valence-corrected chi connectivity index (χ0v) is 32.2. The van der Waals surface area contributed by atoms with E-state index in [0.29, 0.717) is 0 Å². The number of nitrogens with zero attached hydrogens (tertiary/aromatic N) is 1. The van der Waals surface area contributed by atoms with E-state index >= 15 is 0 Å². The van der Waals surface area contributed by atoms with Crippen molar-refractivity contribution in [3.8, 4) is 0 Å². The quantitative estimate of drug-likeness (QED) is 0.0485. The molecule has 0 heterocycles. The molecule has 0 bridgehead atoms. The lowest BCUT2D eigenvalue weighted by molar-refractivity contribution is 0.257. The molecular weight excluding hydrogens is 542 g/mol. The SMILES string of the molecule is C=C(CCCCCC)CCCCCCCCN(CCCC)CCCCC(=C)CC(CCCCCCCC)CCCCCCCC. The van der Waals surface area contributed by atoms with Crippen molar-refractivity contribution in [2.45, 2.75) is 233 Å². The Balaban J connectivity index is 4.19. The fourth-order valence-corrected chi connectivity index (χ4v) is 7.06. The van der Waals surface area contributed by atoms with E-state index in [1.807, 2.05) is 0 Å². The highest BCUT2D eigenvalue weighted by Crippen LogP contribution is 2.27. The summed E-state index contributed by atoms with van der Waals surface area (Å²) in [5.74, 6) is 0.894. The standard InChI is InChI=1S/C44H87N/c1-7-11-15-18-23-28-36-44(37-29-24-19-16-12-8-2)41-43(6)35-30-32-40-45(38-14-10-4)39-31-25-21-20-22-27-34-42(5)33-26-17-13-9-3/h44H,5-41H2,1-4H3. The fraction of sp³-hybridized carbons (Fsp3) is 0.909. The van der Waals surface area contributed by atoms with Crippen LogP contribution in [0.2, 0.25) is 0 Å². The van der Waals surface area contributed by atoms with Gasteiger partial charge in [-0.3, -0.25) is 0 Å². The van der Waals surface area contributed by atoms with Gasteiger partial charge in [0.1, 0.15) is 0 Å². The van der Waals surface area contributed by atoms with E-state index in [0.717, 1.165) is 5.92 Å². The Morgan fingerprint density at radius 2 is 0.711 bits per heavy atom. The Bertz CT molecular complexity index is 590. The maximum absolute atomic E-state index is 4.60. The molecule has 0 fully saturated rings. The smallest absolute Gasteiger partial charge is 0.00186 e. The summed E-state index contributed by atoms with van der Waals surface area (Å²) in [6, 6.07) is 0. The van der Waals surface area contributed by atoms with Crippen LogP contribution in [0.15, 0.2) is 24.3 Å². The van der Waals surface area contributed by atoms with Crippen molar-refractivity contribution < 1.29 is 0 Å². The average molecular weight is 630 g/mol. The van der Waals surface area contributed by atoms with Gasteiger partial charge in [-0.25, -0.2) is 0 Å². The van der Waals surface area contributed by atoms with Crippen LogP contribution in [0.3, 0.4) is 0 Å². The summed E-state index contributed by atoms with van der Waals surface area (Å²) in [5.41, 5.74) is 3.06. The third-order valence-corrected chi connectivity index (χ3v) is 10.2. The minimum Gasteiger partial charge on any atom is -0.303 e. The molecule has 0 saturated carbocycles. The van der Waals surface area contributed by atoms with Gasteiger partial charge < -0.3 is 4.90 Å². The summed E-state index contributed by atoms with van der Waals surface area (Å²) in [5, 5.41) is 0. The Hall–Kier alpha value is -0.560. The fourth-order valence-electron chi connectivity index (χ4n) is 7.06. The van der Waals surface area contributed by atoms with Gasteiger partial charge in [-0.05, 0) is 89.8 Å². The normalized spacial score (nSPS) is 11.7. The summed E-state index contributed by atoms with van der Waals surface area (Å²) < 4.78 is 0. The molecule has 0 aliphatic carbocycles. The second kappa shape index (κ2) is 36.3. The first-order valence-electron chi connectivity index (χ1n) is 21.1. The summed E-state index contributed by atoms with van der Waals surface area (Å²) in [4.78, 5) is 2.79. The molecule has 0 aromatic rings. The van der Waals surface area contributed by atoms with Crippen molar-refractivity contribution >= 4 is 0 Å². The van der Waals surface area contributed by atoms with Crippen molar-refractivity contribution in [1.29, 1.82) is 0 Å². The van der Waals surface area contributed by atoms with Gasteiger partial charge in [-0.2, -0.15) is 0 Å². The minimum atomic E-state index is 0.894. The first-order chi connectivity index (χ1) is 22.1. The Kier molecular flexibility index (Phi) is 35.8. The first-order valence-corrected chi connectivity index (χ1v) is 21.1. The van der Waals surface area contributed by atoms with Gasteiger partial charge in [-0.1, -0.05) is 193 Å². The molecule has 1 heteroatoms. The van der Waals surface area contributed by atoms with E-state index in [4.69, 9.17) is 0 Å². The molecule has 0 saturated heterocycles. The van der Waals surface area contributed by atoms with Crippen molar-refractivity contribution in [1.82, 2.24) is 4.90 Å². The molecular formula is C44H87N. The van der Waals surface area contributed by atoms with Crippen molar-refractivity contribution in [2.75, 3.05) is 19.6 Å². The van der Waals surface area contributed by atoms with Crippen LogP contribution in [0.5, 0.6) is 0 Å². The van der Waals surface area contributed by atoms with Crippen LogP contribution in [-0.2, 0) is 0 Å². The highest BCUT2D eigenvalue weighted by molar-refractivity contribution is 4.96. The van der Waals surface area contributed by atoms with Crippen LogP contribution in [-0.4, -0.2) is 24.5 Å². The van der Waals surface area contributed by atoms with Gasteiger partial charge in [0.05, 0.1) is 0 Å². The first kappa shape index (κ1) is 44.4. The lowest BCUT2D eigenvalue weighted by Gasteiger charge is -2.22. The second-order valence-electron chi connectivity index (χ2n) is 15.0. The number of unbranched alkanes of at least 4 members (excludes halogenated alkanes) is 20. The summed E-state index contributed by atoms with van der Waals surface area (Å²) >= 11 is 0. The topological polar surface area (TPSA) is 3.24 Å². The Morgan fingerprint density at radius 1 is 0.378 bits per heavy atom. The van der Waals surface area contributed by atoms with E-state index < -0.39 is 0 Å². The molecule has 0 N–H and O–H groups in total. The zero-order valence-electron chi connectivity index (χ0n) is 32.2. The maximum Gasteiger partial charge on any atom is -0.00186 e. The van der Waals surface area contributed by atoms with Gasteiger partial charge >= 0.3 is 0 Å². The number of rotatable bonds is 38. The monoisotopic (exact) mass is 630 g/mol. The zero-order chi connectivity index (χ0) is 33.1. The molecule has 0 unspecified atom stereocenters. The molecule has 1 nitrogen and oxygen atoms in total. The van der Waals surface area contributed by atoms with Gasteiger partial charge in [0.15, 0.2) is 0 Å².